The Balaban J connectivity index is 1.73. The molecule has 0 saturated carbocycles. The maximum atomic E-state index is 12.3. The molecule has 0 radical (unpaired) electrons. The van der Waals surface area contributed by atoms with Gasteiger partial charge in [0.05, 0.1) is 5.92 Å². The molecular formula is C18H23N3O2. The van der Waals surface area contributed by atoms with Crippen LogP contribution in [-0.2, 0) is 4.79 Å². The van der Waals surface area contributed by atoms with Gasteiger partial charge >= 0.3 is 0 Å². The molecule has 1 aromatic carbocycles. The number of hydrogen-bond acceptors (Lipinski definition) is 4. The first-order valence-electron chi connectivity index (χ1n) is 8.21. The highest BCUT2D eigenvalue weighted by Gasteiger charge is 2.36. The number of amides is 1. The number of benzene rings is 1. The average molecular weight is 313 g/mol. The molecule has 0 aliphatic carbocycles. The first kappa shape index (κ1) is 15.7. The third-order valence-corrected chi connectivity index (χ3v) is 4.34. The molecule has 23 heavy (non-hydrogen) atoms. The van der Waals surface area contributed by atoms with Gasteiger partial charge in [-0.05, 0) is 11.8 Å². The Labute approximate surface area is 136 Å². The first-order chi connectivity index (χ1) is 11.0. The molecule has 1 aromatic heterocycles. The molecule has 5 nitrogen and oxygen atoms in total. The minimum atomic E-state index is 0.121. The summed E-state index contributed by atoms with van der Waals surface area (Å²) in [6.07, 6.45) is 0.596. The van der Waals surface area contributed by atoms with Crippen molar-refractivity contribution in [3.8, 4) is 11.4 Å². The van der Waals surface area contributed by atoms with Gasteiger partial charge in [0.25, 0.3) is 0 Å². The average Bonchev–Trinajstić information content (AvgIpc) is 3.14. The summed E-state index contributed by atoms with van der Waals surface area (Å²) >= 11 is 0. The van der Waals surface area contributed by atoms with Crippen LogP contribution in [-0.4, -0.2) is 34.0 Å². The normalized spacial score (nSPS) is 21.1. The fraction of sp³-hybridized carbons (Fsp3) is 0.500. The number of carbonyl (C=O) groups excluding carboxylic acids is 1. The van der Waals surface area contributed by atoms with Crippen LogP contribution in [0.2, 0.25) is 0 Å². The van der Waals surface area contributed by atoms with Gasteiger partial charge in [-0.2, -0.15) is 4.98 Å². The van der Waals surface area contributed by atoms with E-state index in [-0.39, 0.29) is 11.8 Å². The highest BCUT2D eigenvalue weighted by atomic mass is 16.5. The van der Waals surface area contributed by atoms with Gasteiger partial charge in [0, 0.05) is 25.1 Å². The minimum Gasteiger partial charge on any atom is -0.342 e. The summed E-state index contributed by atoms with van der Waals surface area (Å²) in [5.74, 6) is 2.30. The molecule has 0 spiro atoms. The zero-order chi connectivity index (χ0) is 16.4. The molecule has 1 aliphatic heterocycles. The van der Waals surface area contributed by atoms with Gasteiger partial charge < -0.3 is 9.42 Å². The van der Waals surface area contributed by atoms with Crippen LogP contribution in [0.1, 0.15) is 39.0 Å². The smallest absolute Gasteiger partial charge is 0.232 e. The summed E-state index contributed by atoms with van der Waals surface area (Å²) in [7, 11) is 0. The van der Waals surface area contributed by atoms with Crippen molar-refractivity contribution < 1.29 is 9.32 Å². The molecule has 0 bridgehead atoms. The van der Waals surface area contributed by atoms with Gasteiger partial charge in [-0.25, -0.2) is 0 Å². The lowest BCUT2D eigenvalue weighted by molar-refractivity contribution is -0.131. The van der Waals surface area contributed by atoms with E-state index >= 15 is 0 Å². The summed E-state index contributed by atoms with van der Waals surface area (Å²) in [4.78, 5) is 18.7. The molecular weight excluding hydrogens is 290 g/mol. The molecule has 0 N–H and O–H groups in total. The monoisotopic (exact) mass is 313 g/mol. The predicted molar refractivity (Wildman–Crippen MR) is 87.7 cm³/mol. The van der Waals surface area contributed by atoms with Crippen LogP contribution in [0, 0.1) is 11.8 Å². The second kappa shape index (κ2) is 6.52. The number of nitrogens with zero attached hydrogens (tertiary/aromatic N) is 3. The van der Waals surface area contributed by atoms with Crippen molar-refractivity contribution in [2.24, 2.45) is 11.8 Å². The maximum Gasteiger partial charge on any atom is 0.232 e. The summed E-state index contributed by atoms with van der Waals surface area (Å²) < 4.78 is 5.48. The predicted octanol–water partition coefficient (Wildman–Crippen LogP) is 3.34. The standard InChI is InChI=1S/C18H23N3O2/c1-12(2)9-16(22)21-10-13(3)15(11-21)18-19-17(20-23-18)14-7-5-4-6-8-14/h4-8,12-13,15H,9-11H2,1-3H3/t13-,15-/m0/s1. The molecule has 3 rings (SSSR count). The molecule has 0 unspecified atom stereocenters. The molecule has 122 valence electrons. The zero-order valence-electron chi connectivity index (χ0n) is 13.9. The van der Waals surface area contributed by atoms with Crippen LogP contribution in [0.15, 0.2) is 34.9 Å². The van der Waals surface area contributed by atoms with E-state index in [4.69, 9.17) is 4.52 Å². The minimum absolute atomic E-state index is 0.121. The maximum absolute atomic E-state index is 12.3. The van der Waals surface area contributed by atoms with E-state index in [0.717, 1.165) is 12.1 Å². The zero-order valence-corrected chi connectivity index (χ0v) is 13.9. The van der Waals surface area contributed by atoms with Crippen molar-refractivity contribution in [3.05, 3.63) is 36.2 Å². The molecule has 1 amide bonds. The van der Waals surface area contributed by atoms with Crippen LogP contribution in [0.4, 0.5) is 0 Å². The van der Waals surface area contributed by atoms with Crippen LogP contribution in [0.25, 0.3) is 11.4 Å². The second-order valence-corrected chi connectivity index (χ2v) is 6.80. The van der Waals surface area contributed by atoms with Gasteiger partial charge in [0.1, 0.15) is 0 Å². The number of rotatable bonds is 4. The SMILES string of the molecule is CC(C)CC(=O)N1C[C@H](c2nc(-c3ccccc3)no2)[C@@H](C)C1. The van der Waals surface area contributed by atoms with Crippen molar-refractivity contribution in [3.63, 3.8) is 0 Å². The van der Waals surface area contributed by atoms with E-state index < -0.39 is 0 Å². The van der Waals surface area contributed by atoms with E-state index in [9.17, 15) is 4.79 Å². The lowest BCUT2D eigenvalue weighted by Crippen LogP contribution is -2.29. The second-order valence-electron chi connectivity index (χ2n) is 6.80. The topological polar surface area (TPSA) is 59.2 Å². The Bertz CT molecular complexity index is 666. The summed E-state index contributed by atoms with van der Waals surface area (Å²) in [6.45, 7) is 7.71. The van der Waals surface area contributed by atoms with Gasteiger partial charge in [-0.1, -0.05) is 56.3 Å². The Hall–Kier alpha value is -2.17. The Morgan fingerprint density at radius 3 is 2.74 bits per heavy atom. The van der Waals surface area contributed by atoms with Crippen molar-refractivity contribution >= 4 is 5.91 Å². The molecule has 1 aliphatic rings. The van der Waals surface area contributed by atoms with E-state index in [1.165, 1.54) is 0 Å². The van der Waals surface area contributed by atoms with E-state index in [1.807, 2.05) is 35.2 Å². The summed E-state index contributed by atoms with van der Waals surface area (Å²) in [6, 6.07) is 9.80. The van der Waals surface area contributed by atoms with Crippen molar-refractivity contribution in [1.29, 1.82) is 0 Å². The van der Waals surface area contributed by atoms with Crippen LogP contribution >= 0.6 is 0 Å². The van der Waals surface area contributed by atoms with E-state index in [2.05, 4.69) is 30.9 Å². The van der Waals surface area contributed by atoms with E-state index in [1.54, 1.807) is 0 Å². The first-order valence-corrected chi connectivity index (χ1v) is 8.21. The fourth-order valence-electron chi connectivity index (χ4n) is 3.06. The highest BCUT2D eigenvalue weighted by Crippen LogP contribution is 2.33. The van der Waals surface area contributed by atoms with Crippen molar-refractivity contribution in [2.75, 3.05) is 13.1 Å². The number of hydrogen-bond donors (Lipinski definition) is 0. The molecule has 1 fully saturated rings. The van der Waals surface area contributed by atoms with Crippen LogP contribution in [0.5, 0.6) is 0 Å². The van der Waals surface area contributed by atoms with E-state index in [0.29, 0.717) is 36.5 Å². The molecule has 2 atom stereocenters. The largest absolute Gasteiger partial charge is 0.342 e. The fourth-order valence-corrected chi connectivity index (χ4v) is 3.06. The third-order valence-electron chi connectivity index (χ3n) is 4.34. The quantitative estimate of drug-likeness (QED) is 0.868. The summed E-state index contributed by atoms with van der Waals surface area (Å²) in [5, 5.41) is 4.09. The van der Waals surface area contributed by atoms with Gasteiger partial charge in [0.2, 0.25) is 17.6 Å². The lowest BCUT2D eigenvalue weighted by atomic mass is 9.98. The Kier molecular flexibility index (Phi) is 4.46. The van der Waals surface area contributed by atoms with Crippen molar-refractivity contribution in [1.82, 2.24) is 15.0 Å². The number of carbonyl (C=O) groups is 1. The summed E-state index contributed by atoms with van der Waals surface area (Å²) in [5.41, 5.74) is 0.945. The van der Waals surface area contributed by atoms with Crippen molar-refractivity contribution in [2.45, 2.75) is 33.1 Å². The van der Waals surface area contributed by atoms with Gasteiger partial charge in [0.15, 0.2) is 0 Å². The molecule has 1 saturated heterocycles. The van der Waals surface area contributed by atoms with Gasteiger partial charge in [-0.3, -0.25) is 4.79 Å². The Morgan fingerprint density at radius 1 is 1.30 bits per heavy atom. The van der Waals surface area contributed by atoms with Gasteiger partial charge in [-0.15, -0.1) is 0 Å². The molecule has 5 heteroatoms. The number of aromatic nitrogens is 2. The molecule has 2 heterocycles. The highest BCUT2D eigenvalue weighted by molar-refractivity contribution is 5.76. The van der Waals surface area contributed by atoms with Crippen LogP contribution < -0.4 is 0 Å². The number of likely N-dealkylation sites (tertiary alicyclic amines) is 1. The molecule has 2 aromatic rings. The Morgan fingerprint density at radius 2 is 2.04 bits per heavy atom. The lowest BCUT2D eigenvalue weighted by Gasteiger charge is -2.17. The third kappa shape index (κ3) is 3.44. The van der Waals surface area contributed by atoms with Crippen LogP contribution in [0.3, 0.4) is 0 Å².